The molecule has 0 saturated carbocycles. The van der Waals surface area contributed by atoms with Crippen LogP contribution in [0.3, 0.4) is 0 Å². The number of hydrogen-bond acceptors (Lipinski definition) is 5. The molecule has 0 fully saturated rings. The first-order valence-electron chi connectivity index (χ1n) is 15.4. The minimum Gasteiger partial charge on any atom is -0.457 e. The molecule has 1 atom stereocenters. The minimum atomic E-state index is -4.24. The van der Waals surface area contributed by atoms with Crippen LogP contribution < -0.4 is 14.4 Å². The monoisotopic (exact) mass is 681 g/mol. The standard InChI is InChI=1S/C38H36ClN3O5S/c1-28-17-23-34(24-18-28)48(45,46)42(31-19-21-33(22-20-31)47-32-14-7-4-8-15-32)27-37(43)41(26-30-13-9-10-16-35(30)39)36(38(44)40-2)25-29-11-5-3-6-12-29/h3-24,36H,25-27H2,1-2H3,(H,40,44)/t36-/m1/s1. The summed E-state index contributed by atoms with van der Waals surface area (Å²) in [6.07, 6.45) is 0.201. The summed E-state index contributed by atoms with van der Waals surface area (Å²) in [4.78, 5) is 29.4. The van der Waals surface area contributed by atoms with Crippen LogP contribution in [0.4, 0.5) is 5.69 Å². The van der Waals surface area contributed by atoms with E-state index in [-0.39, 0.29) is 23.5 Å². The first-order valence-corrected chi connectivity index (χ1v) is 17.2. The maximum atomic E-state index is 14.5. The number of likely N-dealkylation sites (N-methyl/N-ethyl adjacent to an activating group) is 1. The first-order chi connectivity index (χ1) is 23.2. The van der Waals surface area contributed by atoms with E-state index < -0.39 is 34.4 Å². The average Bonchev–Trinajstić information content (AvgIpc) is 3.10. The third-order valence-corrected chi connectivity index (χ3v) is 9.96. The molecule has 0 aliphatic rings. The van der Waals surface area contributed by atoms with Gasteiger partial charge in [0.25, 0.3) is 10.0 Å². The summed E-state index contributed by atoms with van der Waals surface area (Å²) in [5.41, 5.74) is 2.59. The molecule has 48 heavy (non-hydrogen) atoms. The second kappa shape index (κ2) is 15.6. The summed E-state index contributed by atoms with van der Waals surface area (Å²) in [6.45, 7) is 1.26. The molecule has 0 aromatic heterocycles. The third-order valence-electron chi connectivity index (χ3n) is 7.81. The van der Waals surface area contributed by atoms with Crippen LogP contribution in [-0.4, -0.2) is 44.8 Å². The van der Waals surface area contributed by atoms with E-state index in [2.05, 4.69) is 5.32 Å². The summed E-state index contributed by atoms with van der Waals surface area (Å²) < 4.78 is 35.5. The van der Waals surface area contributed by atoms with Gasteiger partial charge in [-0.3, -0.25) is 13.9 Å². The number of rotatable bonds is 13. The molecule has 246 valence electrons. The van der Waals surface area contributed by atoms with Crippen molar-refractivity contribution in [2.75, 3.05) is 17.9 Å². The van der Waals surface area contributed by atoms with E-state index >= 15 is 0 Å². The maximum absolute atomic E-state index is 14.5. The van der Waals surface area contributed by atoms with Gasteiger partial charge in [-0.05, 0) is 72.6 Å². The van der Waals surface area contributed by atoms with Crippen molar-refractivity contribution in [1.29, 1.82) is 0 Å². The van der Waals surface area contributed by atoms with Gasteiger partial charge in [0, 0.05) is 25.0 Å². The van der Waals surface area contributed by atoms with Crippen LogP contribution >= 0.6 is 11.6 Å². The van der Waals surface area contributed by atoms with Crippen molar-refractivity contribution >= 4 is 39.1 Å². The summed E-state index contributed by atoms with van der Waals surface area (Å²) in [7, 11) is -2.74. The largest absolute Gasteiger partial charge is 0.457 e. The molecule has 0 aliphatic carbocycles. The number of halogens is 1. The maximum Gasteiger partial charge on any atom is 0.264 e. The number of aryl methyl sites for hydroxylation is 1. The molecule has 0 spiro atoms. The van der Waals surface area contributed by atoms with Gasteiger partial charge >= 0.3 is 0 Å². The molecule has 0 aliphatic heterocycles. The number of nitrogens with one attached hydrogen (secondary N) is 1. The molecule has 5 rings (SSSR count). The lowest BCUT2D eigenvalue weighted by Crippen LogP contribution is -2.53. The van der Waals surface area contributed by atoms with Gasteiger partial charge in [-0.15, -0.1) is 0 Å². The molecule has 0 unspecified atom stereocenters. The Balaban J connectivity index is 1.55. The molecule has 5 aromatic rings. The smallest absolute Gasteiger partial charge is 0.264 e. The van der Waals surface area contributed by atoms with Crippen molar-refractivity contribution in [3.8, 4) is 11.5 Å². The number of carbonyl (C=O) groups is 2. The van der Waals surface area contributed by atoms with Gasteiger partial charge in [0.2, 0.25) is 11.8 Å². The Morgan fingerprint density at radius 3 is 1.98 bits per heavy atom. The van der Waals surface area contributed by atoms with Gasteiger partial charge in [0.05, 0.1) is 10.6 Å². The Bertz CT molecular complexity index is 1940. The SMILES string of the molecule is CNC(=O)[C@@H](Cc1ccccc1)N(Cc1ccccc1Cl)C(=O)CN(c1ccc(Oc2ccccc2)cc1)S(=O)(=O)c1ccc(C)cc1. The first kappa shape index (κ1) is 34.2. The second-order valence-corrected chi connectivity index (χ2v) is 13.4. The van der Waals surface area contributed by atoms with Crippen molar-refractivity contribution in [2.45, 2.75) is 30.8 Å². The lowest BCUT2D eigenvalue weighted by molar-refractivity contribution is -0.139. The number of amides is 2. The van der Waals surface area contributed by atoms with E-state index in [9.17, 15) is 18.0 Å². The normalized spacial score (nSPS) is 11.7. The number of hydrogen-bond donors (Lipinski definition) is 1. The molecule has 2 amide bonds. The molecule has 0 radical (unpaired) electrons. The number of ether oxygens (including phenoxy) is 1. The lowest BCUT2D eigenvalue weighted by atomic mass is 10.0. The highest BCUT2D eigenvalue weighted by Gasteiger charge is 2.34. The number of para-hydroxylation sites is 1. The number of benzene rings is 5. The molecular formula is C38H36ClN3O5S. The Kier molecular flexibility index (Phi) is 11.2. The van der Waals surface area contributed by atoms with Crippen molar-refractivity contribution < 1.29 is 22.7 Å². The molecule has 0 bridgehead atoms. The van der Waals surface area contributed by atoms with Gasteiger partial charge in [0.15, 0.2) is 0 Å². The average molecular weight is 682 g/mol. The molecule has 10 heteroatoms. The highest BCUT2D eigenvalue weighted by atomic mass is 35.5. The van der Waals surface area contributed by atoms with Crippen LogP contribution in [0.25, 0.3) is 0 Å². The van der Waals surface area contributed by atoms with E-state index in [1.807, 2.05) is 67.6 Å². The van der Waals surface area contributed by atoms with E-state index in [0.29, 0.717) is 22.1 Å². The van der Waals surface area contributed by atoms with E-state index in [1.54, 1.807) is 60.7 Å². The zero-order chi connectivity index (χ0) is 34.1. The molecule has 1 N–H and O–H groups in total. The van der Waals surface area contributed by atoms with Gasteiger partial charge in [-0.25, -0.2) is 8.42 Å². The lowest BCUT2D eigenvalue weighted by Gasteiger charge is -2.33. The second-order valence-electron chi connectivity index (χ2n) is 11.2. The Labute approximate surface area is 286 Å². The van der Waals surface area contributed by atoms with Crippen LogP contribution in [0.5, 0.6) is 11.5 Å². The molecule has 0 saturated heterocycles. The van der Waals surface area contributed by atoms with Crippen LogP contribution in [0.1, 0.15) is 16.7 Å². The minimum absolute atomic E-state index is 0.0221. The predicted molar refractivity (Wildman–Crippen MR) is 189 cm³/mol. The Morgan fingerprint density at radius 2 is 1.35 bits per heavy atom. The van der Waals surface area contributed by atoms with E-state index in [4.69, 9.17) is 16.3 Å². The van der Waals surface area contributed by atoms with Crippen molar-refractivity contribution in [3.05, 3.63) is 155 Å². The third kappa shape index (κ3) is 8.42. The van der Waals surface area contributed by atoms with Gasteiger partial charge in [-0.1, -0.05) is 96.0 Å². The number of carbonyl (C=O) groups excluding carboxylic acids is 2. The van der Waals surface area contributed by atoms with Crippen LogP contribution in [0.2, 0.25) is 5.02 Å². The summed E-state index contributed by atoms with van der Waals surface area (Å²) in [5.74, 6) is 0.139. The van der Waals surface area contributed by atoms with E-state index in [1.165, 1.54) is 24.1 Å². The molecular weight excluding hydrogens is 646 g/mol. The summed E-state index contributed by atoms with van der Waals surface area (Å²) in [6, 6.07) is 37.5. The van der Waals surface area contributed by atoms with Crippen molar-refractivity contribution in [3.63, 3.8) is 0 Å². The van der Waals surface area contributed by atoms with E-state index in [0.717, 1.165) is 15.4 Å². The van der Waals surface area contributed by atoms with Crippen molar-refractivity contribution in [2.24, 2.45) is 0 Å². The molecule has 5 aromatic carbocycles. The fourth-order valence-corrected chi connectivity index (χ4v) is 6.81. The fourth-order valence-electron chi connectivity index (χ4n) is 5.20. The summed E-state index contributed by atoms with van der Waals surface area (Å²) in [5, 5.41) is 3.10. The highest BCUT2D eigenvalue weighted by Crippen LogP contribution is 2.29. The summed E-state index contributed by atoms with van der Waals surface area (Å²) >= 11 is 6.53. The van der Waals surface area contributed by atoms with Crippen LogP contribution in [0, 0.1) is 6.92 Å². The Morgan fingerprint density at radius 1 is 0.771 bits per heavy atom. The van der Waals surface area contributed by atoms with Gasteiger partial charge in [0.1, 0.15) is 24.1 Å². The van der Waals surface area contributed by atoms with Gasteiger partial charge in [-0.2, -0.15) is 0 Å². The van der Waals surface area contributed by atoms with Crippen molar-refractivity contribution in [1.82, 2.24) is 10.2 Å². The zero-order valence-electron chi connectivity index (χ0n) is 26.6. The molecule has 8 nitrogen and oxygen atoms in total. The zero-order valence-corrected chi connectivity index (χ0v) is 28.2. The van der Waals surface area contributed by atoms with Gasteiger partial charge < -0.3 is 15.0 Å². The predicted octanol–water partition coefficient (Wildman–Crippen LogP) is 7.02. The number of anilines is 1. The Hall–Kier alpha value is -5.12. The quantitative estimate of drug-likeness (QED) is 0.144. The topological polar surface area (TPSA) is 96.0 Å². The highest BCUT2D eigenvalue weighted by molar-refractivity contribution is 7.92. The number of sulfonamides is 1. The van der Waals surface area contributed by atoms with Crippen LogP contribution in [-0.2, 0) is 32.6 Å². The molecule has 0 heterocycles. The number of nitrogens with zero attached hydrogens (tertiary/aromatic N) is 2. The fraction of sp³-hybridized carbons (Fsp3) is 0.158. The van der Waals surface area contributed by atoms with Crippen LogP contribution in [0.15, 0.2) is 138 Å².